The molecule has 1 rings (SSSR count). The Morgan fingerprint density at radius 2 is 2.67 bits per heavy atom. The molecule has 0 saturated carbocycles. The summed E-state index contributed by atoms with van der Waals surface area (Å²) in [6.45, 7) is 0.488. The number of aromatic amines is 1. The number of methoxy groups -OCH3 is 1. The van der Waals surface area contributed by atoms with Crippen LogP contribution in [0.15, 0.2) is 6.33 Å². The van der Waals surface area contributed by atoms with Gasteiger partial charge >= 0.3 is 5.97 Å². The van der Waals surface area contributed by atoms with E-state index in [4.69, 9.17) is 0 Å². The second-order valence-electron chi connectivity index (χ2n) is 2.09. The minimum absolute atomic E-state index is 0.248. The zero-order chi connectivity index (χ0) is 8.81. The number of esters is 1. The Bertz CT molecular complexity index is 234. The van der Waals surface area contributed by atoms with Crippen molar-refractivity contribution < 1.29 is 9.53 Å². The highest BCUT2D eigenvalue weighted by atomic mass is 16.5. The van der Waals surface area contributed by atoms with Gasteiger partial charge in [0.1, 0.15) is 6.33 Å². The SMILES string of the molecule is COC(=O)CCNc1ncn[nH]1. The van der Waals surface area contributed by atoms with Crippen molar-refractivity contribution in [3.63, 3.8) is 0 Å². The third-order valence-electron chi connectivity index (χ3n) is 1.26. The number of ether oxygens (including phenoxy) is 1. The first-order valence-electron chi connectivity index (χ1n) is 3.49. The van der Waals surface area contributed by atoms with E-state index in [1.54, 1.807) is 0 Å². The maximum Gasteiger partial charge on any atom is 0.307 e. The quantitative estimate of drug-likeness (QED) is 0.610. The standard InChI is InChI=1S/C6H10N4O2/c1-12-5(11)2-3-7-6-8-4-9-10-6/h4H,2-3H2,1H3,(H2,7,8,9,10). The topological polar surface area (TPSA) is 79.9 Å². The molecule has 66 valence electrons. The van der Waals surface area contributed by atoms with E-state index in [0.717, 1.165) is 0 Å². The number of nitrogens with one attached hydrogen (secondary N) is 2. The van der Waals surface area contributed by atoms with Gasteiger partial charge < -0.3 is 10.1 Å². The minimum Gasteiger partial charge on any atom is -0.469 e. The van der Waals surface area contributed by atoms with E-state index in [0.29, 0.717) is 18.9 Å². The van der Waals surface area contributed by atoms with E-state index in [2.05, 4.69) is 25.2 Å². The Balaban J connectivity index is 2.15. The Hall–Kier alpha value is -1.59. The monoisotopic (exact) mass is 170 g/mol. The molecule has 2 N–H and O–H groups in total. The third kappa shape index (κ3) is 2.57. The molecule has 1 heterocycles. The molecule has 0 aliphatic rings. The van der Waals surface area contributed by atoms with Gasteiger partial charge in [0.05, 0.1) is 13.5 Å². The predicted octanol–water partition coefficient (Wildman–Crippen LogP) is -0.220. The van der Waals surface area contributed by atoms with Gasteiger partial charge in [0.2, 0.25) is 5.95 Å². The van der Waals surface area contributed by atoms with Crippen molar-refractivity contribution >= 4 is 11.9 Å². The van der Waals surface area contributed by atoms with Gasteiger partial charge in [-0.2, -0.15) is 5.10 Å². The largest absolute Gasteiger partial charge is 0.469 e. The van der Waals surface area contributed by atoms with Crippen LogP contribution in [0.4, 0.5) is 5.95 Å². The van der Waals surface area contributed by atoms with Gasteiger partial charge in [0, 0.05) is 6.54 Å². The summed E-state index contributed by atoms with van der Waals surface area (Å²) < 4.78 is 4.44. The number of carbonyl (C=O) groups excluding carboxylic acids is 1. The number of hydrogen-bond donors (Lipinski definition) is 2. The highest BCUT2D eigenvalue weighted by Gasteiger charge is 1.99. The molecule has 0 aliphatic heterocycles. The smallest absolute Gasteiger partial charge is 0.307 e. The van der Waals surface area contributed by atoms with E-state index in [-0.39, 0.29) is 5.97 Å². The van der Waals surface area contributed by atoms with Crippen molar-refractivity contribution in [3.8, 4) is 0 Å². The van der Waals surface area contributed by atoms with Crippen LogP contribution in [0.2, 0.25) is 0 Å². The van der Waals surface area contributed by atoms with Gasteiger partial charge in [-0.3, -0.25) is 4.79 Å². The lowest BCUT2D eigenvalue weighted by Gasteiger charge is -1.99. The van der Waals surface area contributed by atoms with Crippen LogP contribution in [-0.4, -0.2) is 34.8 Å². The van der Waals surface area contributed by atoms with Crippen LogP contribution in [0, 0.1) is 0 Å². The maximum atomic E-state index is 10.6. The van der Waals surface area contributed by atoms with Gasteiger partial charge in [0.15, 0.2) is 0 Å². The van der Waals surface area contributed by atoms with Gasteiger partial charge in [-0.1, -0.05) is 0 Å². The zero-order valence-corrected chi connectivity index (χ0v) is 6.70. The molecule has 0 amide bonds. The highest BCUT2D eigenvalue weighted by Crippen LogP contribution is 1.92. The molecule has 0 saturated heterocycles. The van der Waals surface area contributed by atoms with Crippen molar-refractivity contribution in [2.45, 2.75) is 6.42 Å². The number of aromatic nitrogens is 3. The lowest BCUT2D eigenvalue weighted by atomic mass is 10.4. The van der Waals surface area contributed by atoms with Crippen LogP contribution in [0.25, 0.3) is 0 Å². The van der Waals surface area contributed by atoms with Crippen molar-refractivity contribution in [1.29, 1.82) is 0 Å². The third-order valence-corrected chi connectivity index (χ3v) is 1.26. The number of nitrogens with zero attached hydrogens (tertiary/aromatic N) is 2. The Kier molecular flexibility index (Phi) is 3.06. The van der Waals surface area contributed by atoms with E-state index in [1.807, 2.05) is 0 Å². The molecule has 0 aromatic carbocycles. The molecule has 0 atom stereocenters. The number of carbonyl (C=O) groups is 1. The second-order valence-corrected chi connectivity index (χ2v) is 2.09. The summed E-state index contributed by atoms with van der Waals surface area (Å²) in [5.41, 5.74) is 0. The van der Waals surface area contributed by atoms with Crippen LogP contribution < -0.4 is 5.32 Å². The van der Waals surface area contributed by atoms with E-state index >= 15 is 0 Å². The molecule has 6 heteroatoms. The number of rotatable bonds is 4. The fourth-order valence-corrected chi connectivity index (χ4v) is 0.676. The molecule has 0 fully saturated rings. The van der Waals surface area contributed by atoms with E-state index in [9.17, 15) is 4.79 Å². The van der Waals surface area contributed by atoms with Crippen LogP contribution in [0.5, 0.6) is 0 Å². The molecular weight excluding hydrogens is 160 g/mol. The van der Waals surface area contributed by atoms with E-state index in [1.165, 1.54) is 13.4 Å². The summed E-state index contributed by atoms with van der Waals surface area (Å²) in [4.78, 5) is 14.4. The van der Waals surface area contributed by atoms with Crippen molar-refractivity contribution in [2.75, 3.05) is 19.0 Å². The summed E-state index contributed by atoms with van der Waals surface area (Å²) >= 11 is 0. The van der Waals surface area contributed by atoms with Crippen molar-refractivity contribution in [3.05, 3.63) is 6.33 Å². The molecule has 1 aromatic rings. The molecule has 12 heavy (non-hydrogen) atoms. The number of H-pyrrole nitrogens is 1. The maximum absolute atomic E-state index is 10.6. The van der Waals surface area contributed by atoms with Crippen LogP contribution >= 0.6 is 0 Å². The Morgan fingerprint density at radius 1 is 1.83 bits per heavy atom. The summed E-state index contributed by atoms with van der Waals surface area (Å²) in [7, 11) is 1.36. The number of anilines is 1. The molecule has 0 aliphatic carbocycles. The molecule has 0 bridgehead atoms. The lowest BCUT2D eigenvalue weighted by molar-refractivity contribution is -0.140. The van der Waals surface area contributed by atoms with Crippen LogP contribution in [0.3, 0.4) is 0 Å². The molecule has 6 nitrogen and oxygen atoms in total. The summed E-state index contributed by atoms with van der Waals surface area (Å²) in [6, 6.07) is 0. The average Bonchev–Trinajstić information content (AvgIpc) is 2.57. The molecular formula is C6H10N4O2. The van der Waals surface area contributed by atoms with Gasteiger partial charge in [-0.25, -0.2) is 10.1 Å². The van der Waals surface area contributed by atoms with Crippen LogP contribution in [-0.2, 0) is 9.53 Å². The summed E-state index contributed by atoms with van der Waals surface area (Å²) in [6.07, 6.45) is 1.71. The van der Waals surface area contributed by atoms with Gasteiger partial charge in [-0.05, 0) is 0 Å². The molecule has 0 radical (unpaired) electrons. The first-order chi connectivity index (χ1) is 5.83. The highest BCUT2D eigenvalue weighted by molar-refractivity contribution is 5.69. The van der Waals surface area contributed by atoms with Crippen molar-refractivity contribution in [2.24, 2.45) is 0 Å². The van der Waals surface area contributed by atoms with Gasteiger partial charge in [-0.15, -0.1) is 0 Å². The Morgan fingerprint density at radius 3 is 3.25 bits per heavy atom. The predicted molar refractivity (Wildman–Crippen MR) is 41.5 cm³/mol. The minimum atomic E-state index is -0.248. The fourth-order valence-electron chi connectivity index (χ4n) is 0.676. The van der Waals surface area contributed by atoms with Crippen LogP contribution in [0.1, 0.15) is 6.42 Å². The fraction of sp³-hybridized carbons (Fsp3) is 0.500. The summed E-state index contributed by atoms with van der Waals surface area (Å²) in [5, 5.41) is 9.09. The summed E-state index contributed by atoms with van der Waals surface area (Å²) in [5.74, 6) is 0.306. The normalized spacial score (nSPS) is 9.42. The zero-order valence-electron chi connectivity index (χ0n) is 6.70. The first kappa shape index (κ1) is 8.51. The van der Waals surface area contributed by atoms with E-state index < -0.39 is 0 Å². The lowest BCUT2D eigenvalue weighted by Crippen LogP contribution is -2.10. The van der Waals surface area contributed by atoms with Gasteiger partial charge in [0.25, 0.3) is 0 Å². The Labute approximate surface area is 69.3 Å². The van der Waals surface area contributed by atoms with Crippen molar-refractivity contribution in [1.82, 2.24) is 15.2 Å². The average molecular weight is 170 g/mol. The number of hydrogen-bond acceptors (Lipinski definition) is 5. The molecule has 0 spiro atoms. The first-order valence-corrected chi connectivity index (χ1v) is 3.49. The molecule has 1 aromatic heterocycles. The molecule has 0 unspecified atom stereocenters. The second kappa shape index (κ2) is 4.32.